The highest BCUT2D eigenvalue weighted by molar-refractivity contribution is 5.82. The third kappa shape index (κ3) is 4.63. The Labute approximate surface area is 103 Å². The molecular weight excluding hydrogens is 220 g/mol. The minimum atomic E-state index is -0.526. The fourth-order valence-electron chi connectivity index (χ4n) is 1.67. The molecule has 0 radical (unpaired) electrons. The predicted molar refractivity (Wildman–Crippen MR) is 64.7 cm³/mol. The fourth-order valence-corrected chi connectivity index (χ4v) is 1.67. The van der Waals surface area contributed by atoms with Crippen molar-refractivity contribution in [1.82, 2.24) is 9.80 Å². The smallest absolute Gasteiger partial charge is 0.410 e. The highest BCUT2D eigenvalue weighted by atomic mass is 16.6. The Morgan fingerprint density at radius 3 is 2.24 bits per heavy atom. The summed E-state index contributed by atoms with van der Waals surface area (Å²) in [5.41, 5.74) is -0.526. The summed E-state index contributed by atoms with van der Waals surface area (Å²) in [6, 6.07) is 0. The maximum Gasteiger partial charge on any atom is 0.410 e. The minimum absolute atomic E-state index is 0.00383. The van der Waals surface area contributed by atoms with Gasteiger partial charge in [-0.15, -0.1) is 0 Å². The lowest BCUT2D eigenvalue weighted by molar-refractivity contribution is -0.131. The molecule has 0 aromatic carbocycles. The topological polar surface area (TPSA) is 49.9 Å². The van der Waals surface area contributed by atoms with Gasteiger partial charge >= 0.3 is 6.09 Å². The van der Waals surface area contributed by atoms with Crippen molar-refractivity contribution < 1.29 is 14.3 Å². The van der Waals surface area contributed by atoms with Crippen molar-refractivity contribution in [3.63, 3.8) is 0 Å². The molecule has 17 heavy (non-hydrogen) atoms. The molecule has 0 unspecified atom stereocenters. The summed E-state index contributed by atoms with van der Waals surface area (Å²) in [5, 5.41) is 0. The average molecular weight is 242 g/mol. The van der Waals surface area contributed by atoms with E-state index in [0.717, 1.165) is 25.9 Å². The second-order valence-electron chi connectivity index (χ2n) is 5.42. The van der Waals surface area contributed by atoms with Gasteiger partial charge in [-0.25, -0.2) is 4.79 Å². The summed E-state index contributed by atoms with van der Waals surface area (Å²) in [6.45, 7) is 7.12. The quantitative estimate of drug-likeness (QED) is 0.737. The van der Waals surface area contributed by atoms with Crippen LogP contribution in [0.5, 0.6) is 0 Å². The Morgan fingerprint density at radius 1 is 1.24 bits per heavy atom. The monoisotopic (exact) mass is 242 g/mol. The molecule has 1 saturated heterocycles. The molecule has 1 fully saturated rings. The molecule has 0 aliphatic carbocycles. The van der Waals surface area contributed by atoms with Crippen molar-refractivity contribution in [1.29, 1.82) is 0 Å². The van der Waals surface area contributed by atoms with E-state index >= 15 is 0 Å². The zero-order valence-electron chi connectivity index (χ0n) is 11.2. The number of amides is 2. The first kappa shape index (κ1) is 13.8. The molecular formula is C12H22N2O3. The first-order valence-corrected chi connectivity index (χ1v) is 6.01. The highest BCUT2D eigenvalue weighted by Crippen LogP contribution is 2.11. The van der Waals surface area contributed by atoms with Crippen LogP contribution < -0.4 is 0 Å². The van der Waals surface area contributed by atoms with Crippen LogP contribution in [0.4, 0.5) is 4.79 Å². The average Bonchev–Trinajstić information content (AvgIpc) is 2.67. The van der Waals surface area contributed by atoms with Gasteiger partial charge in [0.15, 0.2) is 0 Å². The van der Waals surface area contributed by atoms with Gasteiger partial charge in [-0.3, -0.25) is 4.79 Å². The number of hydrogen-bond donors (Lipinski definition) is 0. The SMILES string of the molecule is CN(CC(=O)N1CCCC1)C(=O)OC(C)(C)C. The van der Waals surface area contributed by atoms with Crippen LogP contribution in [0.3, 0.4) is 0 Å². The van der Waals surface area contributed by atoms with E-state index < -0.39 is 11.7 Å². The lowest BCUT2D eigenvalue weighted by Gasteiger charge is -2.25. The first-order chi connectivity index (χ1) is 7.79. The summed E-state index contributed by atoms with van der Waals surface area (Å²) < 4.78 is 5.18. The van der Waals surface area contributed by atoms with Gasteiger partial charge in [-0.05, 0) is 33.6 Å². The maximum absolute atomic E-state index is 11.8. The highest BCUT2D eigenvalue weighted by Gasteiger charge is 2.24. The van der Waals surface area contributed by atoms with Crippen LogP contribution in [0.1, 0.15) is 33.6 Å². The van der Waals surface area contributed by atoms with E-state index in [1.54, 1.807) is 32.7 Å². The summed E-state index contributed by atoms with van der Waals surface area (Å²) in [4.78, 5) is 26.6. The second-order valence-corrected chi connectivity index (χ2v) is 5.42. The number of hydrogen-bond acceptors (Lipinski definition) is 3. The Kier molecular flexibility index (Phi) is 4.37. The Morgan fingerprint density at radius 2 is 1.76 bits per heavy atom. The first-order valence-electron chi connectivity index (χ1n) is 6.01. The second kappa shape index (κ2) is 5.38. The van der Waals surface area contributed by atoms with Gasteiger partial charge in [0, 0.05) is 20.1 Å². The lowest BCUT2D eigenvalue weighted by Crippen LogP contribution is -2.42. The Hall–Kier alpha value is -1.26. The van der Waals surface area contributed by atoms with Gasteiger partial charge in [-0.2, -0.15) is 0 Å². The Bertz CT molecular complexity index is 291. The van der Waals surface area contributed by atoms with Crippen LogP contribution >= 0.6 is 0 Å². The Balaban J connectivity index is 2.40. The third-order valence-electron chi connectivity index (χ3n) is 2.54. The van der Waals surface area contributed by atoms with Crippen molar-refractivity contribution in [2.45, 2.75) is 39.2 Å². The van der Waals surface area contributed by atoms with Gasteiger partial charge in [0.25, 0.3) is 0 Å². The number of likely N-dealkylation sites (tertiary alicyclic amines) is 1. The number of carbonyl (C=O) groups excluding carboxylic acids is 2. The van der Waals surface area contributed by atoms with Crippen LogP contribution in [0.25, 0.3) is 0 Å². The van der Waals surface area contributed by atoms with Crippen molar-refractivity contribution in [3.05, 3.63) is 0 Å². The van der Waals surface area contributed by atoms with Crippen molar-refractivity contribution in [3.8, 4) is 0 Å². The summed E-state index contributed by atoms with van der Waals surface area (Å²) in [7, 11) is 1.59. The van der Waals surface area contributed by atoms with E-state index in [9.17, 15) is 9.59 Å². The molecule has 5 heteroatoms. The van der Waals surface area contributed by atoms with Crippen LogP contribution in [-0.4, -0.2) is 54.1 Å². The van der Waals surface area contributed by atoms with Crippen LogP contribution in [0, 0.1) is 0 Å². The molecule has 1 rings (SSSR count). The molecule has 0 saturated carbocycles. The number of rotatable bonds is 2. The maximum atomic E-state index is 11.8. The van der Waals surface area contributed by atoms with Crippen LogP contribution in [0.15, 0.2) is 0 Å². The van der Waals surface area contributed by atoms with E-state index in [2.05, 4.69) is 0 Å². The van der Waals surface area contributed by atoms with Crippen molar-refractivity contribution >= 4 is 12.0 Å². The van der Waals surface area contributed by atoms with E-state index in [1.165, 1.54) is 4.90 Å². The molecule has 0 aromatic rings. The molecule has 0 atom stereocenters. The van der Waals surface area contributed by atoms with Gasteiger partial charge in [0.1, 0.15) is 12.1 Å². The minimum Gasteiger partial charge on any atom is -0.444 e. The van der Waals surface area contributed by atoms with Gasteiger partial charge in [-0.1, -0.05) is 0 Å². The molecule has 1 heterocycles. The number of ether oxygens (including phenoxy) is 1. The zero-order valence-corrected chi connectivity index (χ0v) is 11.2. The molecule has 0 aromatic heterocycles. The molecule has 0 spiro atoms. The third-order valence-corrected chi connectivity index (χ3v) is 2.54. The summed E-state index contributed by atoms with van der Waals surface area (Å²) >= 11 is 0. The predicted octanol–water partition coefficient (Wildman–Crippen LogP) is 1.48. The van der Waals surface area contributed by atoms with Gasteiger partial charge in [0.2, 0.25) is 5.91 Å². The number of carbonyl (C=O) groups is 2. The van der Waals surface area contributed by atoms with E-state index in [1.807, 2.05) is 0 Å². The van der Waals surface area contributed by atoms with Gasteiger partial charge in [0.05, 0.1) is 0 Å². The molecule has 0 N–H and O–H groups in total. The van der Waals surface area contributed by atoms with E-state index in [4.69, 9.17) is 4.74 Å². The van der Waals surface area contributed by atoms with Crippen LogP contribution in [0.2, 0.25) is 0 Å². The summed E-state index contributed by atoms with van der Waals surface area (Å²) in [5.74, 6) is -0.00383. The van der Waals surface area contributed by atoms with Crippen molar-refractivity contribution in [2.75, 3.05) is 26.7 Å². The van der Waals surface area contributed by atoms with E-state index in [0.29, 0.717) is 0 Å². The van der Waals surface area contributed by atoms with Crippen molar-refractivity contribution in [2.24, 2.45) is 0 Å². The lowest BCUT2D eigenvalue weighted by atomic mass is 10.2. The normalized spacial score (nSPS) is 15.9. The number of nitrogens with zero attached hydrogens (tertiary/aromatic N) is 2. The molecule has 0 bridgehead atoms. The molecule has 1 aliphatic rings. The molecule has 98 valence electrons. The fraction of sp³-hybridized carbons (Fsp3) is 0.833. The van der Waals surface area contributed by atoms with Crippen LogP contribution in [-0.2, 0) is 9.53 Å². The molecule has 5 nitrogen and oxygen atoms in total. The molecule has 1 aliphatic heterocycles. The zero-order chi connectivity index (χ0) is 13.1. The number of likely N-dealkylation sites (N-methyl/N-ethyl adjacent to an activating group) is 1. The van der Waals surface area contributed by atoms with Gasteiger partial charge < -0.3 is 14.5 Å². The van der Waals surface area contributed by atoms with E-state index in [-0.39, 0.29) is 12.5 Å². The summed E-state index contributed by atoms with van der Waals surface area (Å²) in [6.07, 6.45) is 1.66. The largest absolute Gasteiger partial charge is 0.444 e. The molecule has 2 amide bonds. The standard InChI is InChI=1S/C12H22N2O3/c1-12(2,3)17-11(16)13(4)9-10(15)14-7-5-6-8-14/h5-9H2,1-4H3.